The number of anilines is 1. The van der Waals surface area contributed by atoms with Crippen molar-refractivity contribution in [2.24, 2.45) is 0 Å². The maximum absolute atomic E-state index is 12.1. The van der Waals surface area contributed by atoms with Gasteiger partial charge in [-0.25, -0.2) is 4.79 Å². The van der Waals surface area contributed by atoms with Gasteiger partial charge in [0, 0.05) is 16.6 Å². The molecule has 2 N–H and O–H groups in total. The molecule has 0 fully saturated rings. The molecule has 0 radical (unpaired) electrons. The zero-order valence-electron chi connectivity index (χ0n) is 14.8. The van der Waals surface area contributed by atoms with Gasteiger partial charge in [0.2, 0.25) is 0 Å². The minimum Gasteiger partial charge on any atom is -0.464 e. The fourth-order valence-corrected chi connectivity index (χ4v) is 3.24. The maximum atomic E-state index is 12.1. The number of carbonyl (C=O) groups excluding carboxylic acids is 1. The Morgan fingerprint density at radius 3 is 2.56 bits per heavy atom. The molecule has 0 aromatic heterocycles. The quantitative estimate of drug-likeness (QED) is 0.659. The molecule has 0 spiro atoms. The van der Waals surface area contributed by atoms with Crippen molar-refractivity contribution in [3.8, 4) is 0 Å². The van der Waals surface area contributed by atoms with E-state index >= 15 is 0 Å². The molecule has 2 unspecified atom stereocenters. The molecule has 5 heteroatoms. The van der Waals surface area contributed by atoms with E-state index in [1.807, 2.05) is 55.5 Å². The molecule has 0 aliphatic heterocycles. The molecule has 0 aliphatic rings. The Labute approximate surface area is 157 Å². The van der Waals surface area contributed by atoms with Crippen molar-refractivity contribution in [2.75, 3.05) is 11.9 Å². The van der Waals surface area contributed by atoms with Crippen molar-refractivity contribution in [3.05, 3.63) is 64.1 Å². The van der Waals surface area contributed by atoms with Crippen molar-refractivity contribution in [2.45, 2.75) is 38.8 Å². The van der Waals surface area contributed by atoms with E-state index in [0.29, 0.717) is 0 Å². The number of ether oxygens (including phenoxy) is 1. The van der Waals surface area contributed by atoms with Gasteiger partial charge in [-0.2, -0.15) is 0 Å². The topological polar surface area (TPSA) is 58.6 Å². The van der Waals surface area contributed by atoms with Crippen LogP contribution < -0.4 is 5.32 Å². The Hall–Kier alpha value is -1.85. The minimum atomic E-state index is -1.58. The molecule has 0 bridgehead atoms. The number of hydrogen-bond acceptors (Lipinski definition) is 4. The summed E-state index contributed by atoms with van der Waals surface area (Å²) in [5, 5.41) is 14.0. The van der Waals surface area contributed by atoms with Gasteiger partial charge in [0.05, 0.1) is 12.6 Å². The largest absolute Gasteiger partial charge is 0.464 e. The van der Waals surface area contributed by atoms with Crippen molar-refractivity contribution in [1.82, 2.24) is 0 Å². The van der Waals surface area contributed by atoms with Crippen LogP contribution in [0.5, 0.6) is 0 Å². The van der Waals surface area contributed by atoms with Gasteiger partial charge in [-0.3, -0.25) is 0 Å². The van der Waals surface area contributed by atoms with Crippen molar-refractivity contribution in [3.63, 3.8) is 0 Å². The summed E-state index contributed by atoms with van der Waals surface area (Å²) in [7, 11) is 0. The predicted molar refractivity (Wildman–Crippen MR) is 104 cm³/mol. The first-order valence-corrected chi connectivity index (χ1v) is 9.10. The van der Waals surface area contributed by atoms with Crippen LogP contribution in [-0.4, -0.2) is 23.3 Å². The number of benzene rings is 2. The van der Waals surface area contributed by atoms with Gasteiger partial charge < -0.3 is 15.2 Å². The third kappa shape index (κ3) is 5.31. The highest BCUT2D eigenvalue weighted by atomic mass is 79.9. The van der Waals surface area contributed by atoms with Gasteiger partial charge in [-0.15, -0.1) is 0 Å². The monoisotopic (exact) mass is 405 g/mol. The van der Waals surface area contributed by atoms with Crippen LogP contribution in [0.25, 0.3) is 0 Å². The van der Waals surface area contributed by atoms with E-state index in [-0.39, 0.29) is 19.1 Å². The van der Waals surface area contributed by atoms with Crippen LogP contribution in [0.1, 0.15) is 37.4 Å². The summed E-state index contributed by atoms with van der Waals surface area (Å²) in [6.07, 6.45) is 0.191. The van der Waals surface area contributed by atoms with Crippen molar-refractivity contribution < 1.29 is 14.6 Å². The predicted octanol–water partition coefficient (Wildman–Crippen LogP) is 4.61. The number of hydrogen-bond donors (Lipinski definition) is 2. The van der Waals surface area contributed by atoms with E-state index in [1.54, 1.807) is 6.92 Å². The van der Waals surface area contributed by atoms with E-state index in [4.69, 9.17) is 4.74 Å². The van der Waals surface area contributed by atoms with Crippen LogP contribution in [0.4, 0.5) is 5.69 Å². The van der Waals surface area contributed by atoms with Gasteiger partial charge >= 0.3 is 5.97 Å². The Morgan fingerprint density at radius 2 is 1.96 bits per heavy atom. The van der Waals surface area contributed by atoms with Crippen LogP contribution in [0.15, 0.2) is 53.0 Å². The molecule has 134 valence electrons. The van der Waals surface area contributed by atoms with Crippen molar-refractivity contribution >= 4 is 27.6 Å². The fraction of sp³-hybridized carbons (Fsp3) is 0.350. The molecule has 2 aromatic carbocycles. The van der Waals surface area contributed by atoms with Crippen LogP contribution in [0.2, 0.25) is 0 Å². The smallest absolute Gasteiger partial charge is 0.337 e. The number of nitrogens with one attached hydrogen (secondary N) is 1. The van der Waals surface area contributed by atoms with E-state index in [9.17, 15) is 9.90 Å². The number of aliphatic hydroxyl groups is 1. The highest BCUT2D eigenvalue weighted by Gasteiger charge is 2.35. The summed E-state index contributed by atoms with van der Waals surface area (Å²) in [5.41, 5.74) is 1.45. The molecule has 0 heterocycles. The second-order valence-electron chi connectivity index (χ2n) is 6.29. The Kier molecular flexibility index (Phi) is 6.62. The second kappa shape index (κ2) is 8.50. The summed E-state index contributed by atoms with van der Waals surface area (Å²) in [4.78, 5) is 12.1. The van der Waals surface area contributed by atoms with Gasteiger partial charge in [0.1, 0.15) is 0 Å². The Balaban J connectivity index is 2.29. The number of rotatable bonds is 7. The average Bonchev–Trinajstić information content (AvgIpc) is 2.57. The van der Waals surface area contributed by atoms with Gasteiger partial charge in [0.15, 0.2) is 5.60 Å². The molecular formula is C20H24BrNO3. The third-order valence-electron chi connectivity index (χ3n) is 3.97. The SMILES string of the molecule is CCOC(=O)C(C)(O)CC(Nc1ccc(C)cc1Br)c1ccccc1. The van der Waals surface area contributed by atoms with Crippen LogP contribution in [0, 0.1) is 6.92 Å². The van der Waals surface area contributed by atoms with Crippen LogP contribution >= 0.6 is 15.9 Å². The average molecular weight is 406 g/mol. The number of esters is 1. The lowest BCUT2D eigenvalue weighted by Gasteiger charge is -2.28. The lowest BCUT2D eigenvalue weighted by molar-refractivity contribution is -0.164. The van der Waals surface area contributed by atoms with E-state index in [1.165, 1.54) is 6.92 Å². The maximum Gasteiger partial charge on any atom is 0.337 e. The molecule has 2 aromatic rings. The fourth-order valence-electron chi connectivity index (χ4n) is 2.63. The molecule has 25 heavy (non-hydrogen) atoms. The second-order valence-corrected chi connectivity index (χ2v) is 7.14. The molecule has 2 rings (SSSR count). The Bertz CT molecular complexity index is 716. The third-order valence-corrected chi connectivity index (χ3v) is 4.63. The molecule has 0 amide bonds. The van der Waals surface area contributed by atoms with Gasteiger partial charge in [0.25, 0.3) is 0 Å². The standard InChI is InChI=1S/C20H24BrNO3/c1-4-25-19(23)20(3,24)13-18(15-8-6-5-7-9-15)22-17-11-10-14(2)12-16(17)21/h5-12,18,22,24H,4,13H2,1-3H3. The summed E-state index contributed by atoms with van der Waals surface area (Å²) in [6, 6.07) is 15.5. The first-order valence-electron chi connectivity index (χ1n) is 8.30. The Morgan fingerprint density at radius 1 is 1.28 bits per heavy atom. The molecule has 4 nitrogen and oxygen atoms in total. The lowest BCUT2D eigenvalue weighted by atomic mass is 9.92. The highest BCUT2D eigenvalue weighted by Crippen LogP contribution is 2.32. The summed E-state index contributed by atoms with van der Waals surface area (Å²) < 4.78 is 5.94. The zero-order chi connectivity index (χ0) is 18.4. The summed E-state index contributed by atoms with van der Waals surface area (Å²) in [5.74, 6) is -0.610. The zero-order valence-corrected chi connectivity index (χ0v) is 16.3. The number of halogens is 1. The first kappa shape index (κ1) is 19.5. The molecule has 0 aliphatic carbocycles. The minimum absolute atomic E-state index is 0.191. The van der Waals surface area contributed by atoms with E-state index < -0.39 is 11.6 Å². The van der Waals surface area contributed by atoms with E-state index in [0.717, 1.165) is 21.3 Å². The van der Waals surface area contributed by atoms with Crippen LogP contribution in [0.3, 0.4) is 0 Å². The number of carbonyl (C=O) groups is 1. The van der Waals surface area contributed by atoms with Gasteiger partial charge in [-0.1, -0.05) is 36.4 Å². The molecule has 0 saturated carbocycles. The summed E-state index contributed by atoms with van der Waals surface area (Å²) in [6.45, 7) is 5.48. The summed E-state index contributed by atoms with van der Waals surface area (Å²) >= 11 is 3.56. The first-order chi connectivity index (χ1) is 11.8. The number of aryl methyl sites for hydroxylation is 1. The van der Waals surface area contributed by atoms with E-state index in [2.05, 4.69) is 21.2 Å². The van der Waals surface area contributed by atoms with Gasteiger partial charge in [-0.05, 0) is 60.0 Å². The lowest BCUT2D eigenvalue weighted by Crippen LogP contribution is -2.39. The normalized spacial score (nSPS) is 14.4. The molecule has 2 atom stereocenters. The van der Waals surface area contributed by atoms with Crippen molar-refractivity contribution in [1.29, 1.82) is 0 Å². The molecular weight excluding hydrogens is 382 g/mol. The van der Waals surface area contributed by atoms with Crippen LogP contribution in [-0.2, 0) is 9.53 Å². The molecule has 0 saturated heterocycles. The highest BCUT2D eigenvalue weighted by molar-refractivity contribution is 9.10.